The highest BCUT2D eigenvalue weighted by Crippen LogP contribution is 2.45. The predicted molar refractivity (Wildman–Crippen MR) is 150 cm³/mol. The lowest BCUT2D eigenvalue weighted by atomic mass is 9.98. The predicted octanol–water partition coefficient (Wildman–Crippen LogP) is 6.51. The van der Waals surface area contributed by atoms with Crippen LogP contribution in [-0.2, 0) is 20.8 Å². The van der Waals surface area contributed by atoms with Gasteiger partial charge in [-0.3, -0.25) is 15.1 Å². The van der Waals surface area contributed by atoms with Gasteiger partial charge in [-0.2, -0.15) is 0 Å². The number of hydrogen-bond acceptors (Lipinski definition) is 7. The maximum atomic E-state index is 13.1. The number of fused-ring (bicyclic) bond motifs is 3. The van der Waals surface area contributed by atoms with Crippen LogP contribution in [0, 0.1) is 0 Å². The molecule has 0 fully saturated rings. The van der Waals surface area contributed by atoms with Gasteiger partial charge in [0.15, 0.2) is 5.75 Å². The van der Waals surface area contributed by atoms with E-state index in [1.54, 1.807) is 18.2 Å². The molecule has 8 nitrogen and oxygen atoms in total. The fourth-order valence-corrected chi connectivity index (χ4v) is 4.99. The Morgan fingerprint density at radius 3 is 2.05 bits per heavy atom. The van der Waals surface area contributed by atoms with Crippen molar-refractivity contribution in [3.8, 4) is 28.4 Å². The van der Waals surface area contributed by atoms with E-state index in [2.05, 4.69) is 34.5 Å². The molecule has 0 heterocycles. The van der Waals surface area contributed by atoms with Gasteiger partial charge in [-0.05, 0) is 46.0 Å². The van der Waals surface area contributed by atoms with Crippen molar-refractivity contribution in [1.82, 2.24) is 0 Å². The van der Waals surface area contributed by atoms with Crippen molar-refractivity contribution in [2.45, 2.75) is 19.3 Å². The number of anilines is 1. The SMILES string of the molecule is COc1ccc(Cc2ccc(OOC(C)=O)cc2)c(OC)c1NC(=O)OCC1c2ccccc2-c2ccccc21. The molecule has 0 bridgehead atoms. The molecule has 0 radical (unpaired) electrons. The van der Waals surface area contributed by atoms with Crippen molar-refractivity contribution in [2.24, 2.45) is 0 Å². The second-order valence-electron chi connectivity index (χ2n) is 9.26. The zero-order valence-electron chi connectivity index (χ0n) is 22.4. The highest BCUT2D eigenvalue weighted by atomic mass is 17.2. The monoisotopic (exact) mass is 539 g/mol. The zero-order chi connectivity index (χ0) is 28.1. The number of methoxy groups -OCH3 is 2. The van der Waals surface area contributed by atoms with E-state index in [1.807, 2.05) is 42.5 Å². The van der Waals surface area contributed by atoms with Crippen molar-refractivity contribution in [3.63, 3.8) is 0 Å². The lowest BCUT2D eigenvalue weighted by Gasteiger charge is -2.19. The van der Waals surface area contributed by atoms with E-state index >= 15 is 0 Å². The summed E-state index contributed by atoms with van der Waals surface area (Å²) in [4.78, 5) is 33.5. The quantitative estimate of drug-likeness (QED) is 0.191. The van der Waals surface area contributed by atoms with Gasteiger partial charge in [0.1, 0.15) is 23.8 Å². The number of carbonyl (C=O) groups excluding carboxylic acids is 2. The lowest BCUT2D eigenvalue weighted by Crippen LogP contribution is -2.19. The van der Waals surface area contributed by atoms with E-state index in [4.69, 9.17) is 19.1 Å². The molecule has 4 aromatic rings. The lowest BCUT2D eigenvalue weighted by molar-refractivity contribution is -0.210. The van der Waals surface area contributed by atoms with Gasteiger partial charge in [0.05, 0.1) is 14.2 Å². The van der Waals surface area contributed by atoms with Gasteiger partial charge in [-0.15, -0.1) is 0 Å². The van der Waals surface area contributed by atoms with Crippen molar-refractivity contribution < 1.29 is 33.6 Å². The van der Waals surface area contributed by atoms with Crippen LogP contribution in [0.3, 0.4) is 0 Å². The molecule has 8 heteroatoms. The molecule has 4 aromatic carbocycles. The fourth-order valence-electron chi connectivity index (χ4n) is 4.99. The third kappa shape index (κ3) is 5.56. The van der Waals surface area contributed by atoms with Crippen molar-refractivity contribution >= 4 is 17.7 Å². The van der Waals surface area contributed by atoms with Gasteiger partial charge < -0.3 is 14.2 Å². The number of nitrogens with one attached hydrogen (secondary N) is 1. The summed E-state index contributed by atoms with van der Waals surface area (Å²) in [6.07, 6.45) is -0.108. The summed E-state index contributed by atoms with van der Waals surface area (Å²) in [5.41, 5.74) is 6.75. The second kappa shape index (κ2) is 11.8. The Kier molecular flexibility index (Phi) is 7.87. The maximum Gasteiger partial charge on any atom is 0.411 e. The van der Waals surface area contributed by atoms with Gasteiger partial charge in [0.25, 0.3) is 0 Å². The largest absolute Gasteiger partial charge is 0.494 e. The van der Waals surface area contributed by atoms with Gasteiger partial charge >= 0.3 is 12.1 Å². The minimum atomic E-state index is -0.609. The van der Waals surface area contributed by atoms with Crippen LogP contribution in [0.5, 0.6) is 17.2 Å². The first-order valence-corrected chi connectivity index (χ1v) is 12.8. The summed E-state index contributed by atoms with van der Waals surface area (Å²) >= 11 is 0. The van der Waals surface area contributed by atoms with Crippen LogP contribution in [0.4, 0.5) is 10.5 Å². The van der Waals surface area contributed by atoms with Gasteiger partial charge in [-0.1, -0.05) is 66.7 Å². The molecule has 0 saturated heterocycles. The van der Waals surface area contributed by atoms with Crippen LogP contribution in [0.25, 0.3) is 11.1 Å². The first-order chi connectivity index (χ1) is 19.5. The molecule has 0 unspecified atom stereocenters. The van der Waals surface area contributed by atoms with E-state index in [0.717, 1.165) is 33.4 Å². The van der Waals surface area contributed by atoms with E-state index in [9.17, 15) is 9.59 Å². The normalized spacial score (nSPS) is 11.7. The summed E-state index contributed by atoms with van der Waals surface area (Å²) in [5, 5.41) is 2.84. The Bertz CT molecular complexity index is 1490. The Morgan fingerprint density at radius 2 is 1.45 bits per heavy atom. The zero-order valence-corrected chi connectivity index (χ0v) is 22.4. The smallest absolute Gasteiger partial charge is 0.411 e. The maximum absolute atomic E-state index is 13.1. The van der Waals surface area contributed by atoms with Crippen LogP contribution in [0.1, 0.15) is 35.1 Å². The molecule has 0 saturated carbocycles. The summed E-state index contributed by atoms with van der Waals surface area (Å²) in [6, 6.07) is 27.1. The van der Waals surface area contributed by atoms with Crippen LogP contribution in [0.2, 0.25) is 0 Å². The minimum absolute atomic E-state index is 0.0546. The highest BCUT2D eigenvalue weighted by molar-refractivity contribution is 5.90. The molecule has 0 aromatic heterocycles. The number of amides is 1. The molecular weight excluding hydrogens is 510 g/mol. The van der Waals surface area contributed by atoms with Crippen LogP contribution < -0.4 is 19.7 Å². The Labute approximate surface area is 232 Å². The number of benzene rings is 4. The molecule has 204 valence electrons. The molecule has 0 spiro atoms. The Balaban J connectivity index is 1.31. The summed E-state index contributed by atoms with van der Waals surface area (Å²) < 4.78 is 17.0. The molecular formula is C32H29NO7. The fraction of sp³-hybridized carbons (Fsp3) is 0.188. The number of hydrogen-bond donors (Lipinski definition) is 1. The van der Waals surface area contributed by atoms with E-state index in [1.165, 1.54) is 21.1 Å². The molecule has 0 aliphatic heterocycles. The van der Waals surface area contributed by atoms with Crippen molar-refractivity contribution in [3.05, 3.63) is 107 Å². The molecule has 40 heavy (non-hydrogen) atoms. The molecule has 5 rings (SSSR count). The van der Waals surface area contributed by atoms with Crippen LogP contribution in [0.15, 0.2) is 84.9 Å². The third-order valence-corrected chi connectivity index (χ3v) is 6.77. The van der Waals surface area contributed by atoms with Crippen molar-refractivity contribution in [1.29, 1.82) is 0 Å². The van der Waals surface area contributed by atoms with E-state index in [-0.39, 0.29) is 12.5 Å². The average Bonchev–Trinajstić information content (AvgIpc) is 3.29. The molecule has 1 aliphatic carbocycles. The summed E-state index contributed by atoms with van der Waals surface area (Å²) in [5.74, 6) is 0.718. The standard InChI is InChI=1S/C32H29NO7/c1-20(34)39-40-23-15-12-21(13-16-23)18-22-14-17-29(36-2)30(31(22)37-3)33-32(35)38-19-28-26-10-6-4-8-24(26)25-9-5-7-11-27(25)28/h4-17,28H,18-19H2,1-3H3,(H,33,35). The number of ether oxygens (including phenoxy) is 3. The first-order valence-electron chi connectivity index (χ1n) is 12.8. The van der Waals surface area contributed by atoms with Crippen molar-refractivity contribution in [2.75, 3.05) is 26.1 Å². The molecule has 0 atom stereocenters. The third-order valence-electron chi connectivity index (χ3n) is 6.77. The minimum Gasteiger partial charge on any atom is -0.494 e. The van der Waals surface area contributed by atoms with E-state index in [0.29, 0.717) is 29.4 Å². The highest BCUT2D eigenvalue weighted by Gasteiger charge is 2.29. The topological polar surface area (TPSA) is 92.3 Å². The van der Waals surface area contributed by atoms with Gasteiger partial charge in [0.2, 0.25) is 0 Å². The summed E-state index contributed by atoms with van der Waals surface area (Å²) in [7, 11) is 3.07. The molecule has 1 N–H and O–H groups in total. The number of rotatable bonds is 9. The van der Waals surface area contributed by atoms with E-state index < -0.39 is 12.1 Å². The summed E-state index contributed by atoms with van der Waals surface area (Å²) in [6.45, 7) is 1.45. The Hall–Kier alpha value is -4.98. The van der Waals surface area contributed by atoms with Crippen LogP contribution >= 0.6 is 0 Å². The average molecular weight is 540 g/mol. The molecule has 1 amide bonds. The van der Waals surface area contributed by atoms with Crippen LogP contribution in [-0.4, -0.2) is 32.9 Å². The second-order valence-corrected chi connectivity index (χ2v) is 9.26. The molecule has 1 aliphatic rings. The Morgan fingerprint density at radius 1 is 0.800 bits per heavy atom. The first kappa shape index (κ1) is 26.6. The van der Waals surface area contributed by atoms with Gasteiger partial charge in [0, 0.05) is 24.8 Å². The van der Waals surface area contributed by atoms with Gasteiger partial charge in [-0.25, -0.2) is 9.59 Å². The number of carbonyl (C=O) groups is 2.